The molecule has 1 aliphatic heterocycles. The van der Waals surface area contributed by atoms with Gasteiger partial charge in [0.1, 0.15) is 28.6 Å². The van der Waals surface area contributed by atoms with E-state index in [1.165, 1.54) is 18.2 Å². The van der Waals surface area contributed by atoms with Gasteiger partial charge in [0.05, 0.1) is 0 Å². The fraction of sp³-hybridized carbons (Fsp3) is 0. The van der Waals surface area contributed by atoms with Crippen LogP contribution in [0.15, 0.2) is 42.2 Å². The molecule has 2 aromatic rings. The van der Waals surface area contributed by atoms with E-state index in [2.05, 4.69) is 0 Å². The Morgan fingerprint density at radius 2 is 1.75 bits per heavy atom. The first-order valence-electron chi connectivity index (χ1n) is 5.84. The fourth-order valence-corrected chi connectivity index (χ4v) is 2.03. The molecule has 0 unspecified atom stereocenters. The number of fused-ring (bicyclic) bond motifs is 1. The van der Waals surface area contributed by atoms with Gasteiger partial charge in [-0.1, -0.05) is 18.2 Å². The SMILES string of the molecule is O=C1/C(=C/c2ccccc2O)Oc2cc(O)cc(O)c21. The van der Waals surface area contributed by atoms with Crippen molar-refractivity contribution in [1.29, 1.82) is 0 Å². The van der Waals surface area contributed by atoms with Crippen molar-refractivity contribution in [3.05, 3.63) is 53.3 Å². The molecule has 5 nitrogen and oxygen atoms in total. The number of phenolic OH excluding ortho intramolecular Hbond substituents is 3. The molecule has 3 rings (SSSR count). The molecule has 0 atom stereocenters. The monoisotopic (exact) mass is 270 g/mol. The number of aromatic hydroxyl groups is 3. The molecule has 0 bridgehead atoms. The smallest absolute Gasteiger partial charge is 0.235 e. The second-order valence-corrected chi connectivity index (χ2v) is 4.34. The maximum absolute atomic E-state index is 12.1. The molecule has 3 N–H and O–H groups in total. The van der Waals surface area contributed by atoms with Crippen molar-refractivity contribution in [3.63, 3.8) is 0 Å². The Kier molecular flexibility index (Phi) is 2.61. The zero-order chi connectivity index (χ0) is 14.3. The lowest BCUT2D eigenvalue weighted by molar-refractivity contribution is 0.101. The normalized spacial score (nSPS) is 15.2. The molecule has 100 valence electrons. The lowest BCUT2D eigenvalue weighted by Crippen LogP contribution is -1.98. The summed E-state index contributed by atoms with van der Waals surface area (Å²) in [7, 11) is 0. The molecule has 1 aliphatic rings. The van der Waals surface area contributed by atoms with Gasteiger partial charge in [0.25, 0.3) is 0 Å². The number of carbonyl (C=O) groups is 1. The number of Topliss-reactive ketones (excluding diaryl/α,β-unsaturated/α-hetero) is 1. The number of phenols is 3. The first-order valence-corrected chi connectivity index (χ1v) is 5.84. The van der Waals surface area contributed by atoms with E-state index in [1.54, 1.807) is 18.2 Å². The van der Waals surface area contributed by atoms with Gasteiger partial charge in [-0.25, -0.2) is 0 Å². The van der Waals surface area contributed by atoms with Gasteiger partial charge in [-0.15, -0.1) is 0 Å². The predicted molar refractivity (Wildman–Crippen MR) is 70.8 cm³/mol. The minimum absolute atomic E-state index is 0.00414. The van der Waals surface area contributed by atoms with Crippen molar-refractivity contribution in [3.8, 4) is 23.0 Å². The van der Waals surface area contributed by atoms with Gasteiger partial charge in [-0.2, -0.15) is 0 Å². The molecule has 20 heavy (non-hydrogen) atoms. The Morgan fingerprint density at radius 1 is 1.00 bits per heavy atom. The summed E-state index contributed by atoms with van der Waals surface area (Å²) in [5.74, 6) is -0.958. The molecule has 0 amide bonds. The van der Waals surface area contributed by atoms with Crippen LogP contribution in [0.5, 0.6) is 23.0 Å². The lowest BCUT2D eigenvalue weighted by Gasteiger charge is -2.01. The fourth-order valence-electron chi connectivity index (χ4n) is 2.03. The highest BCUT2D eigenvalue weighted by atomic mass is 16.5. The summed E-state index contributed by atoms with van der Waals surface area (Å²) in [6, 6.07) is 8.80. The van der Waals surface area contributed by atoms with Crippen LogP contribution >= 0.6 is 0 Å². The summed E-state index contributed by atoms with van der Waals surface area (Å²) >= 11 is 0. The highest BCUT2D eigenvalue weighted by Gasteiger charge is 2.31. The maximum Gasteiger partial charge on any atom is 0.235 e. The van der Waals surface area contributed by atoms with Crippen LogP contribution < -0.4 is 4.74 Å². The number of ether oxygens (including phenoxy) is 1. The van der Waals surface area contributed by atoms with Crippen molar-refractivity contribution in [2.24, 2.45) is 0 Å². The number of allylic oxidation sites excluding steroid dienone is 1. The Bertz CT molecular complexity index is 746. The Labute approximate surface area is 114 Å². The van der Waals surface area contributed by atoms with Gasteiger partial charge < -0.3 is 20.1 Å². The molecule has 0 aliphatic carbocycles. The highest BCUT2D eigenvalue weighted by molar-refractivity contribution is 6.16. The van der Waals surface area contributed by atoms with E-state index >= 15 is 0 Å². The van der Waals surface area contributed by atoms with E-state index in [0.29, 0.717) is 5.56 Å². The topological polar surface area (TPSA) is 87.0 Å². The molecule has 0 fully saturated rings. The number of para-hydroxylation sites is 1. The molecular formula is C15H10O5. The third-order valence-electron chi connectivity index (χ3n) is 2.96. The summed E-state index contributed by atoms with van der Waals surface area (Å²) in [6.45, 7) is 0. The summed E-state index contributed by atoms with van der Waals surface area (Å²) in [5, 5.41) is 28.7. The number of hydrogen-bond acceptors (Lipinski definition) is 5. The molecule has 0 aromatic heterocycles. The van der Waals surface area contributed by atoms with Gasteiger partial charge in [-0.05, 0) is 12.1 Å². The standard InChI is InChI=1S/C15H10O5/c16-9-6-11(18)14-12(7-9)20-13(15(14)19)5-8-3-1-2-4-10(8)17/h1-7,16-18H/b13-5-. The van der Waals surface area contributed by atoms with E-state index in [9.17, 15) is 20.1 Å². The Morgan fingerprint density at radius 3 is 2.50 bits per heavy atom. The van der Waals surface area contributed by atoms with Gasteiger partial charge >= 0.3 is 0 Å². The van der Waals surface area contributed by atoms with Crippen molar-refractivity contribution in [2.75, 3.05) is 0 Å². The van der Waals surface area contributed by atoms with E-state index in [0.717, 1.165) is 6.07 Å². The third-order valence-corrected chi connectivity index (χ3v) is 2.96. The summed E-state index contributed by atoms with van der Waals surface area (Å²) in [6.07, 6.45) is 1.38. The molecular weight excluding hydrogens is 260 g/mol. The van der Waals surface area contributed by atoms with E-state index < -0.39 is 5.78 Å². The number of ketones is 1. The van der Waals surface area contributed by atoms with Crippen molar-refractivity contribution in [1.82, 2.24) is 0 Å². The third kappa shape index (κ3) is 1.85. The summed E-state index contributed by atoms with van der Waals surface area (Å²) in [5.41, 5.74) is 0.428. The van der Waals surface area contributed by atoms with Crippen LogP contribution in [-0.4, -0.2) is 21.1 Å². The van der Waals surface area contributed by atoms with E-state index in [1.807, 2.05) is 0 Å². The molecule has 0 saturated carbocycles. The van der Waals surface area contributed by atoms with Gasteiger partial charge in [0.2, 0.25) is 5.78 Å². The molecule has 0 saturated heterocycles. The minimum Gasteiger partial charge on any atom is -0.508 e. The van der Waals surface area contributed by atoms with E-state index in [4.69, 9.17) is 4.74 Å². The molecule has 0 spiro atoms. The minimum atomic E-state index is -0.499. The largest absolute Gasteiger partial charge is 0.508 e. The second-order valence-electron chi connectivity index (χ2n) is 4.34. The van der Waals surface area contributed by atoms with Gasteiger partial charge in [0.15, 0.2) is 5.76 Å². The molecule has 2 aromatic carbocycles. The first-order chi connectivity index (χ1) is 9.56. The number of benzene rings is 2. The average molecular weight is 270 g/mol. The zero-order valence-corrected chi connectivity index (χ0v) is 10.2. The van der Waals surface area contributed by atoms with Crippen LogP contribution in [-0.2, 0) is 0 Å². The zero-order valence-electron chi connectivity index (χ0n) is 10.2. The second kappa shape index (κ2) is 4.31. The Balaban J connectivity index is 2.07. The van der Waals surface area contributed by atoms with Crippen LogP contribution in [0.4, 0.5) is 0 Å². The molecule has 0 radical (unpaired) electrons. The maximum atomic E-state index is 12.1. The summed E-state index contributed by atoms with van der Waals surface area (Å²) in [4.78, 5) is 12.1. The molecule has 1 heterocycles. The molecule has 5 heteroatoms. The van der Waals surface area contributed by atoms with Crippen LogP contribution in [0.25, 0.3) is 6.08 Å². The lowest BCUT2D eigenvalue weighted by atomic mass is 10.1. The predicted octanol–water partition coefficient (Wildman–Crippen LogP) is 2.42. The van der Waals surface area contributed by atoms with Crippen molar-refractivity contribution in [2.45, 2.75) is 0 Å². The number of hydrogen-bond donors (Lipinski definition) is 3. The van der Waals surface area contributed by atoms with Gasteiger partial charge in [0, 0.05) is 17.7 Å². The first kappa shape index (κ1) is 12.1. The highest BCUT2D eigenvalue weighted by Crippen LogP contribution is 2.40. The van der Waals surface area contributed by atoms with Crippen molar-refractivity contribution < 1.29 is 24.9 Å². The van der Waals surface area contributed by atoms with Gasteiger partial charge in [-0.3, -0.25) is 4.79 Å². The van der Waals surface area contributed by atoms with Crippen LogP contribution in [0.3, 0.4) is 0 Å². The van der Waals surface area contributed by atoms with E-state index in [-0.39, 0.29) is 34.3 Å². The number of rotatable bonds is 1. The average Bonchev–Trinajstić information content (AvgIpc) is 2.69. The quantitative estimate of drug-likeness (QED) is 0.693. The van der Waals surface area contributed by atoms with Crippen LogP contribution in [0, 0.1) is 0 Å². The Hall–Kier alpha value is -2.95. The van der Waals surface area contributed by atoms with Crippen LogP contribution in [0.2, 0.25) is 0 Å². The van der Waals surface area contributed by atoms with Crippen LogP contribution in [0.1, 0.15) is 15.9 Å². The summed E-state index contributed by atoms with van der Waals surface area (Å²) < 4.78 is 5.32. The number of carbonyl (C=O) groups excluding carboxylic acids is 1. The van der Waals surface area contributed by atoms with Crippen molar-refractivity contribution >= 4 is 11.9 Å².